The molecular weight excluding hydrogens is 332 g/mol. The lowest BCUT2D eigenvalue weighted by Crippen LogP contribution is -2.28. The van der Waals surface area contributed by atoms with Gasteiger partial charge in [-0.25, -0.2) is 9.50 Å². The number of nitrogens with zero attached hydrogens (tertiary/aromatic N) is 4. The van der Waals surface area contributed by atoms with Gasteiger partial charge in [0.15, 0.2) is 5.78 Å². The second-order valence-corrected chi connectivity index (χ2v) is 8.40. The van der Waals surface area contributed by atoms with Crippen LogP contribution in [0.4, 0.5) is 0 Å². The van der Waals surface area contributed by atoms with Crippen molar-refractivity contribution in [2.45, 2.75) is 44.5 Å². The molecule has 4 rings (SSSR count). The second-order valence-electron chi connectivity index (χ2n) is 7.46. The predicted molar refractivity (Wildman–Crippen MR) is 98.0 cm³/mol. The number of rotatable bonds is 3. The lowest BCUT2D eigenvalue weighted by atomic mass is 9.76. The Hall–Kier alpha value is -2.21. The highest BCUT2D eigenvalue weighted by Crippen LogP contribution is 2.33. The normalized spacial score (nSPS) is 16.2. The maximum atomic E-state index is 12.4. The molecule has 2 aromatic heterocycles. The van der Waals surface area contributed by atoms with Gasteiger partial charge in [0.25, 0.3) is 5.78 Å². The van der Waals surface area contributed by atoms with Crippen molar-refractivity contribution in [1.82, 2.24) is 19.6 Å². The third kappa shape index (κ3) is 3.31. The molecule has 128 valence electrons. The Bertz CT molecular complexity index is 959. The number of thioether (sulfide) groups is 1. The summed E-state index contributed by atoms with van der Waals surface area (Å²) in [5.41, 5.74) is 3.97. The van der Waals surface area contributed by atoms with E-state index in [0.29, 0.717) is 22.9 Å². The molecule has 0 amide bonds. The number of aromatic nitrogens is 4. The highest BCUT2D eigenvalue weighted by molar-refractivity contribution is 7.98. The van der Waals surface area contributed by atoms with Gasteiger partial charge in [0.05, 0.1) is 11.3 Å². The number of Topliss-reactive ketones (excluding diaryl/α,β-unsaturated/α-hetero) is 1. The van der Waals surface area contributed by atoms with E-state index in [2.05, 4.69) is 60.1 Å². The van der Waals surface area contributed by atoms with E-state index in [1.807, 2.05) is 0 Å². The lowest BCUT2D eigenvalue weighted by Gasteiger charge is -2.28. The molecule has 5 nitrogen and oxygen atoms in total. The van der Waals surface area contributed by atoms with Gasteiger partial charge < -0.3 is 0 Å². The summed E-state index contributed by atoms with van der Waals surface area (Å²) in [6.45, 7) is 6.29. The number of hydrogen-bond donors (Lipinski definition) is 0. The third-order valence-corrected chi connectivity index (χ3v) is 5.37. The van der Waals surface area contributed by atoms with Gasteiger partial charge in [0, 0.05) is 18.4 Å². The molecule has 0 saturated carbocycles. The van der Waals surface area contributed by atoms with Crippen LogP contribution in [0.3, 0.4) is 0 Å². The predicted octanol–water partition coefficient (Wildman–Crippen LogP) is 3.88. The van der Waals surface area contributed by atoms with Crippen LogP contribution in [0, 0.1) is 12.3 Å². The van der Waals surface area contributed by atoms with Gasteiger partial charge in [0.1, 0.15) is 0 Å². The fraction of sp³-hybridized carbons (Fsp3) is 0.368. The fourth-order valence-corrected chi connectivity index (χ4v) is 3.92. The minimum absolute atomic E-state index is 0.0432. The summed E-state index contributed by atoms with van der Waals surface area (Å²) in [5.74, 6) is 1.52. The van der Waals surface area contributed by atoms with Gasteiger partial charge in [-0.05, 0) is 24.3 Å². The van der Waals surface area contributed by atoms with Crippen LogP contribution in [0.5, 0.6) is 0 Å². The Labute approximate surface area is 150 Å². The first-order valence-corrected chi connectivity index (χ1v) is 9.36. The number of carbonyl (C=O) groups excluding carboxylic acids is 1. The first kappa shape index (κ1) is 16.3. The average molecular weight is 352 g/mol. The van der Waals surface area contributed by atoms with Crippen molar-refractivity contribution in [2.24, 2.45) is 5.41 Å². The Morgan fingerprint density at radius 2 is 1.92 bits per heavy atom. The zero-order valence-corrected chi connectivity index (χ0v) is 15.4. The van der Waals surface area contributed by atoms with E-state index in [0.717, 1.165) is 17.9 Å². The number of aryl methyl sites for hydroxylation is 1. The van der Waals surface area contributed by atoms with Crippen LogP contribution in [0.2, 0.25) is 0 Å². The molecule has 2 heterocycles. The van der Waals surface area contributed by atoms with Crippen LogP contribution >= 0.6 is 11.8 Å². The van der Waals surface area contributed by atoms with Crippen molar-refractivity contribution in [3.63, 3.8) is 0 Å². The summed E-state index contributed by atoms with van der Waals surface area (Å²) < 4.78 is 1.63. The topological polar surface area (TPSA) is 60.1 Å². The van der Waals surface area contributed by atoms with Crippen molar-refractivity contribution in [1.29, 1.82) is 0 Å². The maximum absolute atomic E-state index is 12.4. The molecule has 25 heavy (non-hydrogen) atoms. The van der Waals surface area contributed by atoms with Crippen LogP contribution in [0.15, 0.2) is 35.6 Å². The number of ketones is 1. The van der Waals surface area contributed by atoms with Gasteiger partial charge in [0.2, 0.25) is 5.16 Å². The fourth-order valence-electron chi connectivity index (χ4n) is 3.14. The average Bonchev–Trinajstić information content (AvgIpc) is 2.93. The van der Waals surface area contributed by atoms with Crippen molar-refractivity contribution < 1.29 is 4.79 Å². The Morgan fingerprint density at radius 3 is 2.68 bits per heavy atom. The Balaban J connectivity index is 1.60. The Kier molecular flexibility index (Phi) is 3.87. The number of hydrogen-bond acceptors (Lipinski definition) is 5. The van der Waals surface area contributed by atoms with E-state index in [9.17, 15) is 4.79 Å². The lowest BCUT2D eigenvalue weighted by molar-refractivity contribution is 0.0909. The Morgan fingerprint density at radius 1 is 1.16 bits per heavy atom. The van der Waals surface area contributed by atoms with Crippen molar-refractivity contribution in [3.8, 4) is 0 Å². The van der Waals surface area contributed by atoms with Gasteiger partial charge in [-0.1, -0.05) is 55.4 Å². The summed E-state index contributed by atoms with van der Waals surface area (Å²) in [6, 6.07) is 8.46. The highest BCUT2D eigenvalue weighted by Gasteiger charge is 2.32. The number of fused-ring (bicyclic) bond motifs is 2. The van der Waals surface area contributed by atoms with E-state index in [1.165, 1.54) is 11.1 Å². The van der Waals surface area contributed by atoms with Gasteiger partial charge in [-0.3, -0.25) is 4.79 Å². The molecule has 0 N–H and O–H groups in total. The molecule has 0 spiro atoms. The van der Waals surface area contributed by atoms with Gasteiger partial charge in [-0.15, -0.1) is 5.10 Å². The first-order valence-electron chi connectivity index (χ1n) is 8.37. The van der Waals surface area contributed by atoms with Crippen LogP contribution < -0.4 is 0 Å². The molecule has 0 saturated heterocycles. The number of benzene rings is 1. The molecule has 0 fully saturated rings. The smallest absolute Gasteiger partial charge is 0.253 e. The largest absolute Gasteiger partial charge is 0.294 e. The second kappa shape index (κ2) is 5.95. The molecule has 1 aromatic carbocycles. The molecule has 0 aliphatic heterocycles. The van der Waals surface area contributed by atoms with E-state index in [1.54, 1.807) is 22.5 Å². The van der Waals surface area contributed by atoms with Crippen LogP contribution in [-0.2, 0) is 12.2 Å². The summed E-state index contributed by atoms with van der Waals surface area (Å²) >= 11 is 1.58. The molecule has 1 aliphatic rings. The van der Waals surface area contributed by atoms with E-state index in [4.69, 9.17) is 0 Å². The maximum Gasteiger partial charge on any atom is 0.253 e. The molecular formula is C19H20N4OS. The molecule has 1 aliphatic carbocycles. The molecule has 3 aromatic rings. The molecule has 0 atom stereocenters. The standard InChI is InChI=1S/C19H20N4OS/c1-12-4-6-13(7-5-12)11-25-18-21-17-20-15-8-19(2,3)9-16(24)14(15)10-23(17)22-18/h4-7,10H,8-9,11H2,1-3H3. The van der Waals surface area contributed by atoms with Gasteiger partial charge >= 0.3 is 0 Å². The van der Waals surface area contributed by atoms with E-state index < -0.39 is 0 Å². The first-order chi connectivity index (χ1) is 11.9. The molecule has 6 heteroatoms. The van der Waals surface area contributed by atoms with E-state index >= 15 is 0 Å². The molecule has 0 bridgehead atoms. The summed E-state index contributed by atoms with van der Waals surface area (Å²) in [7, 11) is 0. The summed E-state index contributed by atoms with van der Waals surface area (Å²) in [6.07, 6.45) is 3.14. The third-order valence-electron chi connectivity index (χ3n) is 4.47. The van der Waals surface area contributed by atoms with Crippen LogP contribution in [0.1, 0.15) is 47.4 Å². The molecule has 0 radical (unpaired) electrons. The number of carbonyl (C=O) groups is 1. The van der Waals surface area contributed by atoms with Gasteiger partial charge in [-0.2, -0.15) is 4.98 Å². The van der Waals surface area contributed by atoms with Crippen molar-refractivity contribution in [2.75, 3.05) is 0 Å². The quantitative estimate of drug-likeness (QED) is 0.670. The van der Waals surface area contributed by atoms with Crippen molar-refractivity contribution >= 4 is 23.3 Å². The minimum Gasteiger partial charge on any atom is -0.294 e. The summed E-state index contributed by atoms with van der Waals surface area (Å²) in [4.78, 5) is 21.5. The summed E-state index contributed by atoms with van der Waals surface area (Å²) in [5, 5.41) is 5.16. The molecule has 0 unspecified atom stereocenters. The van der Waals surface area contributed by atoms with Crippen LogP contribution in [0.25, 0.3) is 5.78 Å². The zero-order chi connectivity index (χ0) is 17.6. The SMILES string of the molecule is Cc1ccc(CSc2nc3nc4c(cn3n2)C(=O)CC(C)(C)C4)cc1. The highest BCUT2D eigenvalue weighted by atomic mass is 32.2. The minimum atomic E-state index is -0.0432. The zero-order valence-electron chi connectivity index (χ0n) is 14.6. The van der Waals surface area contributed by atoms with Crippen LogP contribution in [-0.4, -0.2) is 25.4 Å². The monoisotopic (exact) mass is 352 g/mol. The van der Waals surface area contributed by atoms with E-state index in [-0.39, 0.29) is 11.2 Å². The van der Waals surface area contributed by atoms with Crippen molar-refractivity contribution in [3.05, 3.63) is 52.8 Å².